The van der Waals surface area contributed by atoms with E-state index in [1.807, 2.05) is 23.1 Å². The van der Waals surface area contributed by atoms with Crippen LogP contribution in [0, 0.1) is 50.7 Å². The number of morpholine rings is 1. The molecule has 5 saturated carbocycles. The molecule has 0 radical (unpaired) electrons. The number of benzene rings is 1. The molecule has 2 saturated heterocycles. The summed E-state index contributed by atoms with van der Waals surface area (Å²) < 4.78 is 25.3. The molecule has 7 aliphatic rings. The van der Waals surface area contributed by atoms with Gasteiger partial charge in [-0.1, -0.05) is 65.0 Å². The van der Waals surface area contributed by atoms with Gasteiger partial charge in [-0.3, -0.25) is 9.59 Å². The Hall–Kier alpha value is -2.04. The molecule has 9 heteroatoms. The second kappa shape index (κ2) is 12.2. The molecule has 7 fully saturated rings. The highest BCUT2D eigenvalue weighted by atomic mass is 16.7. The first-order valence-corrected chi connectivity index (χ1v) is 20.2. The van der Waals surface area contributed by atoms with Crippen LogP contribution in [0.2, 0.25) is 0 Å². The summed E-state index contributed by atoms with van der Waals surface area (Å²) in [6.45, 7) is 18.2. The quantitative estimate of drug-likeness (QED) is 0.317. The van der Waals surface area contributed by atoms with Crippen LogP contribution in [0.1, 0.15) is 112 Å². The molecule has 9 nitrogen and oxygen atoms in total. The fraction of sp³-hybridized carbons (Fsp3) is 0.814. The highest BCUT2D eigenvalue weighted by molar-refractivity contribution is 5.80. The third kappa shape index (κ3) is 5.10. The zero-order chi connectivity index (χ0) is 37.2. The maximum atomic E-state index is 13.6. The Kier molecular flexibility index (Phi) is 8.68. The molecule has 1 aromatic rings. The number of carbonyl (C=O) groups is 2. The van der Waals surface area contributed by atoms with E-state index >= 15 is 0 Å². The number of aliphatic hydroxyl groups is 2. The number of ether oxygens (including phenoxy) is 4. The number of carbonyl (C=O) groups excluding carboxylic acids is 2. The average molecular weight is 722 g/mol. The van der Waals surface area contributed by atoms with Crippen molar-refractivity contribution in [2.75, 3.05) is 13.2 Å². The number of esters is 1. The second-order valence-corrected chi connectivity index (χ2v) is 19.8. The molecule has 5 aliphatic carbocycles. The summed E-state index contributed by atoms with van der Waals surface area (Å²) in [5, 5.41) is 23.7. The van der Waals surface area contributed by atoms with Gasteiger partial charge in [-0.2, -0.15) is 0 Å². The minimum atomic E-state index is -1.27. The first-order valence-electron chi connectivity index (χ1n) is 20.2. The van der Waals surface area contributed by atoms with Crippen molar-refractivity contribution in [3.8, 4) is 0 Å². The fourth-order valence-electron chi connectivity index (χ4n) is 14.4. The van der Waals surface area contributed by atoms with Crippen LogP contribution in [0.25, 0.3) is 0 Å². The standard InChI is InChI=1S/C43H63NO8/c1-25-22-28(35(39(5,6)48)50-26(2)45)51-33-32(25)40(7)18-19-43-24-42(43)17-16-31(38(3,4)29(42)14-15-30(43)41(40,8)34(33)46)52-37-36(47)44(20-21-49-37)23-27-12-10-9-11-13-27/h9-13,25,28-35,37,46,48H,14-24H2,1-8H3/t25?,28-,29+,30+,31+,32?,33+,34+,35+,37?,40-,41-,42?,43+/m1/s1. The lowest BCUT2D eigenvalue weighted by Crippen LogP contribution is -2.60. The number of fused-ring (bicyclic) bond motifs is 4. The third-order valence-corrected chi connectivity index (χ3v) is 16.7. The SMILES string of the molecule is CC(=O)O[C@@H]([C@H]1CC(C)C2[C@H](O1)[C@H](O)[C@@]1(C)[C@@H]3CC[C@H]4C(C)(C)[C@@H](OC5OCCN(Cc6ccccc6)C5=O)CCC45C[C@@]35CC[C@]21C)C(C)(C)O. The van der Waals surface area contributed by atoms with Crippen LogP contribution in [0.4, 0.5) is 0 Å². The molecule has 288 valence electrons. The van der Waals surface area contributed by atoms with Crippen LogP contribution >= 0.6 is 0 Å². The van der Waals surface area contributed by atoms with Crippen molar-refractivity contribution in [2.45, 2.75) is 156 Å². The van der Waals surface area contributed by atoms with E-state index in [9.17, 15) is 19.8 Å². The summed E-state index contributed by atoms with van der Waals surface area (Å²) in [5.74, 6) is 0.765. The minimum absolute atomic E-state index is 0.0699. The summed E-state index contributed by atoms with van der Waals surface area (Å²) in [6, 6.07) is 10.1. The molecular weight excluding hydrogens is 658 g/mol. The van der Waals surface area contributed by atoms with Crippen LogP contribution in [0.5, 0.6) is 0 Å². The molecule has 2 heterocycles. The number of aliphatic hydroxyl groups excluding tert-OH is 1. The first kappa shape index (κ1) is 36.9. The lowest BCUT2D eigenvalue weighted by Gasteiger charge is -2.63. The lowest BCUT2D eigenvalue weighted by molar-refractivity contribution is -0.244. The molecule has 1 aromatic carbocycles. The molecule has 0 aromatic heterocycles. The molecule has 8 rings (SSSR count). The van der Waals surface area contributed by atoms with Crippen molar-refractivity contribution in [2.24, 2.45) is 50.7 Å². The molecule has 52 heavy (non-hydrogen) atoms. The van der Waals surface area contributed by atoms with Crippen LogP contribution < -0.4 is 0 Å². The van der Waals surface area contributed by atoms with Crippen molar-refractivity contribution in [1.82, 2.24) is 4.90 Å². The Balaban J connectivity index is 1.01. The Labute approximate surface area is 310 Å². The van der Waals surface area contributed by atoms with Crippen molar-refractivity contribution in [3.05, 3.63) is 35.9 Å². The summed E-state index contributed by atoms with van der Waals surface area (Å²) in [7, 11) is 0. The van der Waals surface area contributed by atoms with Crippen LogP contribution in [0.3, 0.4) is 0 Å². The number of rotatable bonds is 7. The van der Waals surface area contributed by atoms with Gasteiger partial charge in [0, 0.05) is 25.4 Å². The van der Waals surface area contributed by atoms with Gasteiger partial charge in [0.1, 0.15) is 0 Å². The maximum Gasteiger partial charge on any atom is 0.303 e. The predicted molar refractivity (Wildman–Crippen MR) is 194 cm³/mol. The first-order chi connectivity index (χ1) is 24.4. The Morgan fingerprint density at radius 1 is 1.04 bits per heavy atom. The van der Waals surface area contributed by atoms with Gasteiger partial charge in [0.15, 0.2) is 6.10 Å². The molecule has 2 spiro atoms. The maximum absolute atomic E-state index is 13.6. The summed E-state index contributed by atoms with van der Waals surface area (Å²) in [5.41, 5.74) is -0.327. The second-order valence-electron chi connectivity index (χ2n) is 19.8. The Bertz CT molecular complexity index is 1560. The van der Waals surface area contributed by atoms with E-state index in [0.717, 1.165) is 37.7 Å². The predicted octanol–water partition coefficient (Wildman–Crippen LogP) is 6.27. The van der Waals surface area contributed by atoms with Crippen molar-refractivity contribution < 1.29 is 38.7 Å². The van der Waals surface area contributed by atoms with E-state index < -0.39 is 36.2 Å². The van der Waals surface area contributed by atoms with Gasteiger partial charge in [-0.15, -0.1) is 0 Å². The zero-order valence-electron chi connectivity index (χ0n) is 32.7. The Morgan fingerprint density at radius 2 is 1.73 bits per heavy atom. The van der Waals surface area contributed by atoms with Gasteiger partial charge in [-0.25, -0.2) is 0 Å². The van der Waals surface area contributed by atoms with E-state index in [-0.39, 0.29) is 57.0 Å². The van der Waals surface area contributed by atoms with Crippen molar-refractivity contribution >= 4 is 11.9 Å². The number of amides is 1. The number of hydrogen-bond acceptors (Lipinski definition) is 8. The minimum Gasteiger partial charge on any atom is -0.457 e. The van der Waals surface area contributed by atoms with Crippen molar-refractivity contribution in [1.29, 1.82) is 0 Å². The van der Waals surface area contributed by atoms with E-state index in [0.29, 0.717) is 38.0 Å². The third-order valence-electron chi connectivity index (χ3n) is 16.7. The van der Waals surface area contributed by atoms with Crippen LogP contribution in [0.15, 0.2) is 30.3 Å². The van der Waals surface area contributed by atoms with Gasteiger partial charge in [0.25, 0.3) is 5.91 Å². The summed E-state index contributed by atoms with van der Waals surface area (Å²) >= 11 is 0. The van der Waals surface area contributed by atoms with Gasteiger partial charge in [0.2, 0.25) is 6.29 Å². The molecule has 2 N–H and O–H groups in total. The largest absolute Gasteiger partial charge is 0.457 e. The topological polar surface area (TPSA) is 115 Å². The molecule has 14 atom stereocenters. The molecular formula is C43H63NO8. The van der Waals surface area contributed by atoms with Crippen LogP contribution in [-0.2, 0) is 35.1 Å². The molecule has 2 aliphatic heterocycles. The monoisotopic (exact) mass is 721 g/mol. The van der Waals surface area contributed by atoms with E-state index in [4.69, 9.17) is 18.9 Å². The zero-order valence-corrected chi connectivity index (χ0v) is 32.7. The van der Waals surface area contributed by atoms with E-state index in [2.05, 4.69) is 46.8 Å². The highest BCUT2D eigenvalue weighted by Gasteiger charge is 2.84. The lowest BCUT2D eigenvalue weighted by atomic mass is 9.41. The molecule has 4 unspecified atom stereocenters. The van der Waals surface area contributed by atoms with Gasteiger partial charge in [-0.05, 0) is 116 Å². The van der Waals surface area contributed by atoms with Crippen molar-refractivity contribution in [3.63, 3.8) is 0 Å². The fourth-order valence-corrected chi connectivity index (χ4v) is 14.4. The number of nitrogens with zero attached hydrogens (tertiary/aromatic N) is 1. The van der Waals surface area contributed by atoms with Gasteiger partial charge >= 0.3 is 5.97 Å². The normalized spacial score (nSPS) is 46.9. The summed E-state index contributed by atoms with van der Waals surface area (Å²) in [6.07, 6.45) is 4.99. The van der Waals surface area contributed by atoms with E-state index in [1.165, 1.54) is 19.8 Å². The van der Waals surface area contributed by atoms with Gasteiger partial charge in [0.05, 0.1) is 36.6 Å². The number of hydrogen-bond donors (Lipinski definition) is 2. The van der Waals surface area contributed by atoms with Crippen LogP contribution in [-0.4, -0.2) is 82.6 Å². The molecule has 0 bridgehead atoms. The molecule has 1 amide bonds. The average Bonchev–Trinajstić information content (AvgIpc) is 3.71. The smallest absolute Gasteiger partial charge is 0.303 e. The van der Waals surface area contributed by atoms with Gasteiger partial charge < -0.3 is 34.1 Å². The Morgan fingerprint density at radius 3 is 2.42 bits per heavy atom. The van der Waals surface area contributed by atoms with E-state index in [1.54, 1.807) is 13.8 Å². The highest BCUT2D eigenvalue weighted by Crippen LogP contribution is 2.89. The summed E-state index contributed by atoms with van der Waals surface area (Å²) in [4.78, 5) is 27.6.